The van der Waals surface area contributed by atoms with Crippen molar-refractivity contribution in [3.63, 3.8) is 0 Å². The average Bonchev–Trinajstić information content (AvgIpc) is 2.40. The molecule has 0 radical (unpaired) electrons. The molecular weight excluding hydrogens is 224 g/mol. The molecule has 18 heavy (non-hydrogen) atoms. The number of rotatable bonds is 2. The van der Waals surface area contributed by atoms with Gasteiger partial charge in [0, 0.05) is 0 Å². The third kappa shape index (κ3) is 4.06. The quantitative estimate of drug-likeness (QED) is 0.810. The zero-order valence-electron chi connectivity index (χ0n) is 10.8. The van der Waals surface area contributed by atoms with Crippen LogP contribution in [0, 0.1) is 6.92 Å². The summed E-state index contributed by atoms with van der Waals surface area (Å²) in [5.41, 5.74) is 5.31. The molecule has 0 saturated carbocycles. The van der Waals surface area contributed by atoms with Crippen molar-refractivity contribution in [1.29, 1.82) is 0 Å². The molecule has 2 nitrogen and oxygen atoms in total. The first-order valence-corrected chi connectivity index (χ1v) is 5.95. The van der Waals surface area contributed by atoms with Crippen LogP contribution in [0.5, 0.6) is 0 Å². The van der Waals surface area contributed by atoms with Crippen LogP contribution < -0.4 is 0 Å². The average molecular weight is 242 g/mol. The summed E-state index contributed by atoms with van der Waals surface area (Å²) in [6.07, 6.45) is 1.11. The van der Waals surface area contributed by atoms with Crippen LogP contribution in [-0.2, 0) is 11.2 Å². The summed E-state index contributed by atoms with van der Waals surface area (Å²) >= 11 is 0. The Morgan fingerprint density at radius 1 is 1.06 bits per heavy atom. The summed E-state index contributed by atoms with van der Waals surface area (Å²) < 4.78 is 0. The maximum absolute atomic E-state index is 8.36. The van der Waals surface area contributed by atoms with E-state index in [1.165, 1.54) is 22.3 Å². The van der Waals surface area contributed by atoms with Gasteiger partial charge in [0.2, 0.25) is 0 Å². The van der Waals surface area contributed by atoms with Gasteiger partial charge in [-0.1, -0.05) is 61.0 Å². The molecule has 0 amide bonds. The minimum atomic E-state index is -0.250. The molecule has 0 spiro atoms. The Kier molecular flexibility index (Phi) is 5.65. The molecular formula is C16H18O2. The zero-order chi connectivity index (χ0) is 13.4. The number of hydrogen-bond acceptors (Lipinski definition) is 1. The van der Waals surface area contributed by atoms with Gasteiger partial charge in [-0.25, -0.2) is 0 Å². The first kappa shape index (κ1) is 14.0. The molecule has 0 aliphatic carbocycles. The highest BCUT2D eigenvalue weighted by atomic mass is 16.3. The molecule has 1 N–H and O–H groups in total. The van der Waals surface area contributed by atoms with Crippen molar-refractivity contribution in [1.82, 2.24) is 0 Å². The van der Waals surface area contributed by atoms with Crippen LogP contribution >= 0.6 is 0 Å². The van der Waals surface area contributed by atoms with Crippen LogP contribution in [-0.4, -0.2) is 11.6 Å². The van der Waals surface area contributed by atoms with E-state index in [-0.39, 0.29) is 6.47 Å². The Hall–Kier alpha value is -2.09. The molecule has 0 aliphatic rings. The molecule has 94 valence electrons. The molecule has 0 atom stereocenters. The smallest absolute Gasteiger partial charge is 0.290 e. The molecule has 2 aromatic rings. The molecule has 2 rings (SSSR count). The molecule has 2 heteroatoms. The third-order valence-electron chi connectivity index (χ3n) is 2.71. The standard InChI is InChI=1S/C15H16.CH2O2/c1-3-13-7-9-14(10-8-13)15-6-4-5-12(2)11-15;2-1-3/h4-11H,3H2,1-2H3;1H,(H,2,3). The predicted molar refractivity (Wildman–Crippen MR) is 74.7 cm³/mol. The topological polar surface area (TPSA) is 37.3 Å². The van der Waals surface area contributed by atoms with E-state index < -0.39 is 0 Å². The van der Waals surface area contributed by atoms with Crippen molar-refractivity contribution in [3.05, 3.63) is 59.7 Å². The molecule has 0 saturated heterocycles. The van der Waals surface area contributed by atoms with Gasteiger partial charge in [-0.15, -0.1) is 0 Å². The van der Waals surface area contributed by atoms with Crippen molar-refractivity contribution in [2.24, 2.45) is 0 Å². The Morgan fingerprint density at radius 3 is 2.17 bits per heavy atom. The number of carbonyl (C=O) groups is 1. The summed E-state index contributed by atoms with van der Waals surface area (Å²) in [7, 11) is 0. The van der Waals surface area contributed by atoms with Gasteiger partial charge in [0.05, 0.1) is 0 Å². The van der Waals surface area contributed by atoms with E-state index in [1.54, 1.807) is 0 Å². The Balaban J connectivity index is 0.000000492. The Bertz CT molecular complexity index is 487. The number of benzene rings is 2. The summed E-state index contributed by atoms with van der Waals surface area (Å²) in [6, 6.07) is 17.4. The molecule has 0 unspecified atom stereocenters. The van der Waals surface area contributed by atoms with Gasteiger partial charge in [-0.3, -0.25) is 4.79 Å². The lowest BCUT2D eigenvalue weighted by atomic mass is 10.0. The third-order valence-corrected chi connectivity index (χ3v) is 2.71. The first-order chi connectivity index (χ1) is 8.71. The predicted octanol–water partition coefficient (Wildman–Crippen LogP) is 3.93. The molecule has 0 bridgehead atoms. The summed E-state index contributed by atoms with van der Waals surface area (Å²) in [5, 5.41) is 6.89. The van der Waals surface area contributed by atoms with Crippen LogP contribution in [0.3, 0.4) is 0 Å². The van der Waals surface area contributed by atoms with Crippen LogP contribution in [0.2, 0.25) is 0 Å². The molecule has 0 fully saturated rings. The van der Waals surface area contributed by atoms with Gasteiger partial charge in [-0.05, 0) is 30.0 Å². The minimum Gasteiger partial charge on any atom is -0.483 e. The van der Waals surface area contributed by atoms with E-state index in [0.717, 1.165) is 6.42 Å². The number of hydrogen-bond donors (Lipinski definition) is 1. The van der Waals surface area contributed by atoms with Crippen molar-refractivity contribution >= 4 is 6.47 Å². The van der Waals surface area contributed by atoms with E-state index in [2.05, 4.69) is 62.4 Å². The van der Waals surface area contributed by atoms with E-state index in [1.807, 2.05) is 0 Å². The van der Waals surface area contributed by atoms with Gasteiger partial charge in [0.15, 0.2) is 0 Å². The fourth-order valence-corrected chi connectivity index (χ4v) is 1.76. The first-order valence-electron chi connectivity index (χ1n) is 5.95. The Morgan fingerprint density at radius 2 is 1.67 bits per heavy atom. The van der Waals surface area contributed by atoms with Crippen LogP contribution in [0.4, 0.5) is 0 Å². The van der Waals surface area contributed by atoms with E-state index in [0.29, 0.717) is 0 Å². The van der Waals surface area contributed by atoms with Crippen LogP contribution in [0.25, 0.3) is 11.1 Å². The van der Waals surface area contributed by atoms with Gasteiger partial charge < -0.3 is 5.11 Å². The van der Waals surface area contributed by atoms with Crippen molar-refractivity contribution in [3.8, 4) is 11.1 Å². The number of carboxylic acid groups (broad SMARTS) is 1. The van der Waals surface area contributed by atoms with E-state index >= 15 is 0 Å². The highest BCUT2D eigenvalue weighted by Crippen LogP contribution is 2.20. The SMILES string of the molecule is CCc1ccc(-c2cccc(C)c2)cc1.O=CO. The summed E-state index contributed by atoms with van der Waals surface area (Å²) in [6.45, 7) is 4.06. The van der Waals surface area contributed by atoms with Crippen molar-refractivity contribution in [2.75, 3.05) is 0 Å². The van der Waals surface area contributed by atoms with E-state index in [4.69, 9.17) is 9.90 Å². The zero-order valence-corrected chi connectivity index (χ0v) is 10.8. The van der Waals surface area contributed by atoms with Crippen molar-refractivity contribution < 1.29 is 9.90 Å². The van der Waals surface area contributed by atoms with Crippen LogP contribution in [0.1, 0.15) is 18.1 Å². The second-order valence-corrected chi connectivity index (χ2v) is 4.03. The molecule has 2 aromatic carbocycles. The maximum Gasteiger partial charge on any atom is 0.290 e. The van der Waals surface area contributed by atoms with Gasteiger partial charge >= 0.3 is 0 Å². The lowest BCUT2D eigenvalue weighted by molar-refractivity contribution is -0.122. The molecule has 0 aliphatic heterocycles. The fourth-order valence-electron chi connectivity index (χ4n) is 1.76. The lowest BCUT2D eigenvalue weighted by Gasteiger charge is -2.04. The second kappa shape index (κ2) is 7.28. The summed E-state index contributed by atoms with van der Waals surface area (Å²) in [5.74, 6) is 0. The summed E-state index contributed by atoms with van der Waals surface area (Å²) in [4.78, 5) is 8.36. The monoisotopic (exact) mass is 242 g/mol. The minimum absolute atomic E-state index is 0.250. The Labute approximate surface area is 108 Å². The van der Waals surface area contributed by atoms with Gasteiger partial charge in [0.25, 0.3) is 6.47 Å². The van der Waals surface area contributed by atoms with Gasteiger partial charge in [-0.2, -0.15) is 0 Å². The van der Waals surface area contributed by atoms with Crippen molar-refractivity contribution in [2.45, 2.75) is 20.3 Å². The molecule has 0 heterocycles. The van der Waals surface area contributed by atoms with Crippen LogP contribution in [0.15, 0.2) is 48.5 Å². The maximum atomic E-state index is 8.36. The van der Waals surface area contributed by atoms with Gasteiger partial charge in [0.1, 0.15) is 0 Å². The lowest BCUT2D eigenvalue weighted by Crippen LogP contribution is -1.82. The normalized spacial score (nSPS) is 9.22. The second-order valence-electron chi connectivity index (χ2n) is 4.03. The fraction of sp³-hybridized carbons (Fsp3) is 0.188. The highest BCUT2D eigenvalue weighted by Gasteiger charge is 1.97. The highest BCUT2D eigenvalue weighted by molar-refractivity contribution is 5.64. The number of aryl methyl sites for hydroxylation is 2. The van der Waals surface area contributed by atoms with E-state index in [9.17, 15) is 0 Å². The molecule has 0 aromatic heterocycles. The largest absolute Gasteiger partial charge is 0.483 e.